The molecular weight excluding hydrogens is 328 g/mol. The predicted molar refractivity (Wildman–Crippen MR) is 91.0 cm³/mol. The van der Waals surface area contributed by atoms with Crippen LogP contribution in [0.15, 0.2) is 46.0 Å². The summed E-state index contributed by atoms with van der Waals surface area (Å²) in [6, 6.07) is 7.11. The number of pyridine rings is 1. The van der Waals surface area contributed by atoms with E-state index in [9.17, 15) is 14.7 Å². The Hall–Kier alpha value is -2.45. The van der Waals surface area contributed by atoms with Gasteiger partial charge in [-0.15, -0.1) is 5.10 Å². The molecule has 7 nitrogen and oxygen atoms in total. The Morgan fingerprint density at radius 1 is 1.42 bits per heavy atom. The number of aromatic nitrogens is 3. The first-order valence-corrected chi connectivity index (χ1v) is 8.47. The van der Waals surface area contributed by atoms with Crippen molar-refractivity contribution in [1.29, 1.82) is 0 Å². The van der Waals surface area contributed by atoms with Gasteiger partial charge in [0.25, 0.3) is 0 Å². The predicted octanol–water partition coefficient (Wildman–Crippen LogP) is 0.971. The number of hydrogen-bond acceptors (Lipinski definition) is 5. The Kier molecular flexibility index (Phi) is 4.50. The highest BCUT2D eigenvalue weighted by molar-refractivity contribution is 7.08. The molecule has 3 rings (SSSR count). The molecule has 0 bridgehead atoms. The smallest absolute Gasteiger partial charge is 0.350 e. The molecule has 0 aliphatic rings. The fraction of sp³-hybridized carbons (Fsp3) is 0.312. The molecule has 1 atom stereocenters. The molecule has 0 aliphatic heterocycles. The zero-order valence-electron chi connectivity index (χ0n) is 13.2. The van der Waals surface area contributed by atoms with Gasteiger partial charge in [-0.1, -0.05) is 6.07 Å². The highest BCUT2D eigenvalue weighted by Gasteiger charge is 2.24. The molecule has 3 aromatic rings. The Labute approximate surface area is 142 Å². The molecule has 8 heteroatoms. The monoisotopic (exact) mass is 346 g/mol. The standard InChI is InChI=1S/C16H18N4O3S/c1-16(23,12-6-9-24-10-12)11-17-14(21)5-8-20-15(22)19-7-3-2-4-13(19)18-20/h2-4,6-7,9-10,23H,5,8,11H2,1H3,(H,17,21). The average molecular weight is 346 g/mol. The zero-order chi connectivity index (χ0) is 17.2. The summed E-state index contributed by atoms with van der Waals surface area (Å²) < 4.78 is 2.70. The van der Waals surface area contributed by atoms with Crippen LogP contribution >= 0.6 is 11.3 Å². The van der Waals surface area contributed by atoms with Crippen LogP contribution in [0, 0.1) is 0 Å². The maximum atomic E-state index is 12.1. The number of thiophene rings is 1. The first kappa shape index (κ1) is 16.4. The molecule has 126 valence electrons. The normalized spacial score (nSPS) is 13.8. The molecule has 1 amide bonds. The van der Waals surface area contributed by atoms with Crippen LogP contribution in [0.25, 0.3) is 5.65 Å². The number of rotatable bonds is 6. The van der Waals surface area contributed by atoms with E-state index in [1.54, 1.807) is 31.3 Å². The third kappa shape index (κ3) is 3.39. The van der Waals surface area contributed by atoms with Crippen LogP contribution in [0.3, 0.4) is 0 Å². The van der Waals surface area contributed by atoms with Gasteiger partial charge in [0, 0.05) is 12.6 Å². The minimum absolute atomic E-state index is 0.114. The molecule has 3 aromatic heterocycles. The molecule has 0 saturated heterocycles. The van der Waals surface area contributed by atoms with Gasteiger partial charge in [0.15, 0.2) is 5.65 Å². The van der Waals surface area contributed by atoms with Gasteiger partial charge in [0.05, 0.1) is 13.1 Å². The van der Waals surface area contributed by atoms with E-state index in [2.05, 4.69) is 10.4 Å². The summed E-state index contributed by atoms with van der Waals surface area (Å²) in [6.45, 7) is 1.96. The summed E-state index contributed by atoms with van der Waals surface area (Å²) in [5.74, 6) is -0.241. The molecule has 2 N–H and O–H groups in total. The van der Waals surface area contributed by atoms with Crippen LogP contribution in [0.1, 0.15) is 18.9 Å². The quantitative estimate of drug-likeness (QED) is 0.696. The number of nitrogens with one attached hydrogen (secondary N) is 1. The van der Waals surface area contributed by atoms with E-state index in [0.717, 1.165) is 5.56 Å². The first-order valence-electron chi connectivity index (χ1n) is 7.53. The number of amides is 1. The topological polar surface area (TPSA) is 88.6 Å². The average Bonchev–Trinajstić information content (AvgIpc) is 3.21. The third-order valence-electron chi connectivity index (χ3n) is 3.81. The Morgan fingerprint density at radius 2 is 2.25 bits per heavy atom. The number of carbonyl (C=O) groups excluding carboxylic acids is 1. The first-order chi connectivity index (χ1) is 11.5. The van der Waals surface area contributed by atoms with Crippen molar-refractivity contribution in [3.8, 4) is 0 Å². The maximum Gasteiger partial charge on any atom is 0.350 e. The molecule has 0 radical (unpaired) electrons. The number of carbonyl (C=O) groups is 1. The van der Waals surface area contributed by atoms with Gasteiger partial charge in [-0.05, 0) is 41.4 Å². The van der Waals surface area contributed by atoms with E-state index in [-0.39, 0.29) is 31.1 Å². The maximum absolute atomic E-state index is 12.1. The highest BCUT2D eigenvalue weighted by atomic mass is 32.1. The van der Waals surface area contributed by atoms with Gasteiger partial charge >= 0.3 is 5.69 Å². The Bertz CT molecular complexity index is 896. The van der Waals surface area contributed by atoms with Crippen molar-refractivity contribution in [3.63, 3.8) is 0 Å². The van der Waals surface area contributed by atoms with Crippen molar-refractivity contribution in [2.45, 2.75) is 25.5 Å². The lowest BCUT2D eigenvalue weighted by atomic mass is 9.99. The van der Waals surface area contributed by atoms with Crippen LogP contribution in [0.5, 0.6) is 0 Å². The van der Waals surface area contributed by atoms with Crippen molar-refractivity contribution in [2.75, 3.05) is 6.54 Å². The van der Waals surface area contributed by atoms with Crippen LogP contribution < -0.4 is 11.0 Å². The molecule has 0 saturated carbocycles. The second-order valence-electron chi connectivity index (χ2n) is 5.75. The van der Waals surface area contributed by atoms with Gasteiger partial charge in [0.2, 0.25) is 5.91 Å². The van der Waals surface area contributed by atoms with E-state index in [0.29, 0.717) is 5.65 Å². The van der Waals surface area contributed by atoms with Crippen LogP contribution in [-0.4, -0.2) is 31.7 Å². The van der Waals surface area contributed by atoms with E-state index in [1.165, 1.54) is 20.4 Å². The molecule has 0 fully saturated rings. The van der Waals surface area contributed by atoms with Gasteiger partial charge in [0.1, 0.15) is 5.60 Å². The summed E-state index contributed by atoms with van der Waals surface area (Å²) in [7, 11) is 0. The summed E-state index contributed by atoms with van der Waals surface area (Å²) in [6.07, 6.45) is 1.75. The van der Waals surface area contributed by atoms with Crippen molar-refractivity contribution in [3.05, 3.63) is 57.3 Å². The number of aryl methyl sites for hydroxylation is 1. The fourth-order valence-electron chi connectivity index (χ4n) is 2.35. The summed E-state index contributed by atoms with van der Waals surface area (Å²) in [5.41, 5.74) is -0.0772. The Morgan fingerprint density at radius 3 is 2.96 bits per heavy atom. The van der Waals surface area contributed by atoms with Crippen LogP contribution in [0.4, 0.5) is 0 Å². The molecule has 0 aliphatic carbocycles. The Balaban J connectivity index is 1.57. The minimum atomic E-state index is -1.12. The van der Waals surface area contributed by atoms with E-state index < -0.39 is 5.60 Å². The lowest BCUT2D eigenvalue weighted by Crippen LogP contribution is -2.38. The van der Waals surface area contributed by atoms with Crippen molar-refractivity contribution < 1.29 is 9.90 Å². The van der Waals surface area contributed by atoms with Crippen molar-refractivity contribution in [2.24, 2.45) is 0 Å². The molecular formula is C16H18N4O3S. The molecule has 0 aromatic carbocycles. The third-order valence-corrected chi connectivity index (χ3v) is 4.50. The van der Waals surface area contributed by atoms with Crippen LogP contribution in [0.2, 0.25) is 0 Å². The van der Waals surface area contributed by atoms with E-state index in [1.807, 2.05) is 16.8 Å². The number of hydrogen-bond donors (Lipinski definition) is 2. The number of aliphatic hydroxyl groups is 1. The fourth-order valence-corrected chi connectivity index (χ4v) is 3.14. The molecule has 1 unspecified atom stereocenters. The molecule has 3 heterocycles. The second kappa shape index (κ2) is 6.58. The second-order valence-corrected chi connectivity index (χ2v) is 6.53. The minimum Gasteiger partial charge on any atom is -0.384 e. The SMILES string of the molecule is CC(O)(CNC(=O)CCn1nc2ccccn2c1=O)c1ccsc1. The van der Waals surface area contributed by atoms with Crippen molar-refractivity contribution >= 4 is 22.9 Å². The van der Waals surface area contributed by atoms with Gasteiger partial charge in [-0.25, -0.2) is 9.48 Å². The van der Waals surface area contributed by atoms with E-state index >= 15 is 0 Å². The number of fused-ring (bicyclic) bond motifs is 1. The summed E-state index contributed by atoms with van der Waals surface area (Å²) in [4.78, 5) is 24.1. The molecule has 24 heavy (non-hydrogen) atoms. The van der Waals surface area contributed by atoms with E-state index in [4.69, 9.17) is 0 Å². The number of nitrogens with zero attached hydrogens (tertiary/aromatic N) is 3. The largest absolute Gasteiger partial charge is 0.384 e. The zero-order valence-corrected chi connectivity index (χ0v) is 14.0. The van der Waals surface area contributed by atoms with Crippen LogP contribution in [-0.2, 0) is 16.9 Å². The summed E-state index contributed by atoms with van der Waals surface area (Å²) >= 11 is 1.49. The summed E-state index contributed by atoms with van der Waals surface area (Å²) in [5, 5.41) is 21.0. The lowest BCUT2D eigenvalue weighted by molar-refractivity contribution is -0.122. The molecule has 0 spiro atoms. The van der Waals surface area contributed by atoms with Crippen molar-refractivity contribution in [1.82, 2.24) is 19.5 Å². The highest BCUT2D eigenvalue weighted by Crippen LogP contribution is 2.21. The van der Waals surface area contributed by atoms with Gasteiger partial charge in [-0.2, -0.15) is 11.3 Å². The lowest BCUT2D eigenvalue weighted by Gasteiger charge is -2.22. The van der Waals surface area contributed by atoms with Gasteiger partial charge in [-0.3, -0.25) is 9.20 Å². The van der Waals surface area contributed by atoms with Gasteiger partial charge < -0.3 is 10.4 Å².